The average Bonchev–Trinajstić information content (AvgIpc) is 3.82. The molecule has 430 valence electrons. The van der Waals surface area contributed by atoms with Crippen LogP contribution < -0.4 is 71.4 Å². The smallest absolute Gasteiger partial charge is 0.407 e. The van der Waals surface area contributed by atoms with Crippen molar-refractivity contribution in [3.05, 3.63) is 0 Å². The molecule has 2 heterocycles. The van der Waals surface area contributed by atoms with Crippen molar-refractivity contribution >= 4 is 71.3 Å². The van der Waals surface area contributed by atoms with Gasteiger partial charge < -0.3 is 69.2 Å². The Bertz CT molecular complexity index is 1920. The maximum absolute atomic E-state index is 14.3. The van der Waals surface area contributed by atoms with Crippen LogP contribution in [-0.2, 0) is 47.8 Å². The fourth-order valence-corrected chi connectivity index (χ4v) is 9.46. The Morgan fingerprint density at radius 1 is 0.653 bits per heavy atom. The largest absolute Gasteiger partial charge is 1.00 e. The van der Waals surface area contributed by atoms with E-state index in [0.29, 0.717) is 50.3 Å². The van der Waals surface area contributed by atoms with E-state index in [2.05, 4.69) is 47.5 Å². The summed E-state index contributed by atoms with van der Waals surface area (Å²) >= 11 is 1.85. The van der Waals surface area contributed by atoms with Gasteiger partial charge in [-0.25, -0.2) is 14.4 Å². The standard InChI is InChI=1S/C50H89N11O12S.ClH/c1-30(2)39(44(68)72-49(6,7)8)60-43(67)33(28-38(64)71-48(3,4)5)58-42(66)32(20-16-18-26-55-47(70)73-50(9,10)11)57-41(65)31(21-19-27-54-45(51)52)56-37(63)24-13-12-17-25-53-36(62)23-15-14-22-35-40-34(29-74-35)59-46(69)61-40;/h30-35,39-40H,12-29H2,1-11H3,(H,53,62)(H,55,70)(H,56,63)(H,57,65)(H,58,66)(H,60,67)(H4,51,52,54)(H2,59,61,69);1H/t31-,32-,33-,34-,35-,39-,40-;/m0./s1. The fraction of sp³-hybridized carbons (Fsp3) is 0.800. The minimum atomic E-state index is -1.57. The maximum Gasteiger partial charge on any atom is 0.407 e. The first-order valence-corrected chi connectivity index (χ1v) is 27.2. The molecule has 75 heavy (non-hydrogen) atoms. The fourth-order valence-electron chi connectivity index (χ4n) is 7.92. The van der Waals surface area contributed by atoms with Crippen molar-refractivity contribution in [1.82, 2.24) is 42.5 Å². The topological polar surface area (TPSA) is 344 Å². The second-order valence-corrected chi connectivity index (χ2v) is 23.5. The number of thioether (sulfide) groups is 1. The summed E-state index contributed by atoms with van der Waals surface area (Å²) in [5.74, 6) is -4.02. The summed E-state index contributed by atoms with van der Waals surface area (Å²) < 4.78 is 16.3. The van der Waals surface area contributed by atoms with Gasteiger partial charge in [-0.1, -0.05) is 26.7 Å². The van der Waals surface area contributed by atoms with E-state index in [1.807, 2.05) is 11.8 Å². The molecule has 2 rings (SSSR count). The van der Waals surface area contributed by atoms with Gasteiger partial charge >= 0.3 is 30.0 Å². The van der Waals surface area contributed by atoms with Gasteiger partial charge in [0.05, 0.1) is 25.0 Å². The molecule has 25 heteroatoms. The normalized spacial score (nSPS) is 17.7. The molecule has 0 aromatic carbocycles. The van der Waals surface area contributed by atoms with Gasteiger partial charge in [0.15, 0.2) is 0 Å². The summed E-state index contributed by atoms with van der Waals surface area (Å²) in [4.78, 5) is 122. The number of ether oxygens (including phenoxy) is 3. The Balaban J connectivity index is 0.0000281. The lowest BCUT2D eigenvalue weighted by atomic mass is 10.0. The van der Waals surface area contributed by atoms with Gasteiger partial charge in [-0.2, -0.15) is 11.8 Å². The van der Waals surface area contributed by atoms with Crippen LogP contribution in [0.15, 0.2) is 0 Å². The molecule has 0 spiro atoms. The first-order valence-electron chi connectivity index (χ1n) is 26.1. The van der Waals surface area contributed by atoms with Crippen molar-refractivity contribution in [2.75, 3.05) is 25.4 Å². The number of esters is 2. The number of nitrogens with one attached hydrogen (secondary N) is 9. The Kier molecular flexibility index (Phi) is 29.8. The van der Waals surface area contributed by atoms with Gasteiger partial charge in [0, 0.05) is 36.9 Å². The van der Waals surface area contributed by atoms with Gasteiger partial charge in [0.25, 0.3) is 0 Å². The number of halogens is 1. The first-order chi connectivity index (χ1) is 34.4. The highest BCUT2D eigenvalue weighted by Crippen LogP contribution is 2.33. The number of hydrogen-bond acceptors (Lipinski definition) is 13. The number of alkyl carbamates (subject to hydrolysis) is 1. The monoisotopic (exact) mass is 1100 g/mol. The zero-order chi connectivity index (χ0) is 55.8. The Morgan fingerprint density at radius 3 is 1.81 bits per heavy atom. The molecule has 0 aliphatic carbocycles. The highest BCUT2D eigenvalue weighted by atomic mass is 35.5. The molecule has 2 fully saturated rings. The molecule has 13 N–H and O–H groups in total. The van der Waals surface area contributed by atoms with Gasteiger partial charge in [0.2, 0.25) is 29.5 Å². The molecule has 0 unspecified atom stereocenters. The molecule has 8 amide bonds. The lowest BCUT2D eigenvalue weighted by molar-refractivity contribution is -0.459. The molecule has 2 saturated heterocycles. The highest BCUT2D eigenvalue weighted by Gasteiger charge is 2.42. The van der Waals surface area contributed by atoms with Crippen LogP contribution in [0.4, 0.5) is 9.59 Å². The molecule has 2 aliphatic heterocycles. The van der Waals surface area contributed by atoms with E-state index in [-0.39, 0.29) is 81.2 Å². The Labute approximate surface area is 454 Å². The third-order valence-electron chi connectivity index (χ3n) is 11.4. The molecule has 2 aliphatic rings. The zero-order valence-electron chi connectivity index (χ0n) is 46.2. The number of hydrogen-bond donors (Lipinski definition) is 11. The summed E-state index contributed by atoms with van der Waals surface area (Å²) in [6.45, 7) is 19.4. The molecule has 0 bridgehead atoms. The molecule has 0 saturated carbocycles. The summed E-state index contributed by atoms with van der Waals surface area (Å²) in [5.41, 5.74) is 8.60. The summed E-state index contributed by atoms with van der Waals surface area (Å²) in [6.07, 6.45) is 4.55. The summed E-state index contributed by atoms with van der Waals surface area (Å²) in [6, 6.07) is -4.99. The van der Waals surface area contributed by atoms with Gasteiger partial charge in [-0.3, -0.25) is 45.2 Å². The van der Waals surface area contributed by atoms with Crippen LogP contribution in [0.3, 0.4) is 0 Å². The SMILES string of the molecule is CC(C)[C@H](NC(=O)[C@H](CC(=O)OC(C)(C)C)NC(=O)[C@H](CCCCNC(=O)OC(C)(C)C)NC(=O)[C@H](CCC[NH+]=C(N)N)NC(=O)CCCCCNC(=O)CCCC[C@@H]1SC[C@@H]2NC(=O)N[C@@H]21)C(=O)OC(C)(C)C.[Cl-]. The van der Waals surface area contributed by atoms with E-state index in [1.165, 1.54) is 0 Å². The van der Waals surface area contributed by atoms with Crippen LogP contribution in [0.25, 0.3) is 0 Å². The van der Waals surface area contributed by atoms with Crippen molar-refractivity contribution in [3.63, 3.8) is 0 Å². The number of nitrogens with two attached hydrogens (primary N) is 2. The summed E-state index contributed by atoms with van der Waals surface area (Å²) in [5, 5.41) is 22.6. The van der Waals surface area contributed by atoms with Crippen molar-refractivity contribution in [3.8, 4) is 0 Å². The third kappa shape index (κ3) is 29.6. The van der Waals surface area contributed by atoms with E-state index in [1.54, 1.807) is 76.2 Å². The minimum absolute atomic E-state index is 0. The quantitative estimate of drug-likeness (QED) is 0.00884. The van der Waals surface area contributed by atoms with Crippen LogP contribution in [0.5, 0.6) is 0 Å². The van der Waals surface area contributed by atoms with Crippen molar-refractivity contribution in [2.45, 2.75) is 224 Å². The molecular weight excluding hydrogens is 1010 g/mol. The maximum atomic E-state index is 14.3. The van der Waals surface area contributed by atoms with Crippen molar-refractivity contribution in [1.29, 1.82) is 0 Å². The number of urea groups is 1. The van der Waals surface area contributed by atoms with Crippen LogP contribution in [0, 0.1) is 5.92 Å². The van der Waals surface area contributed by atoms with Gasteiger partial charge in [0.1, 0.15) is 41.0 Å². The number of rotatable bonds is 31. The molecule has 23 nitrogen and oxygen atoms in total. The van der Waals surface area contributed by atoms with E-state index in [9.17, 15) is 43.2 Å². The highest BCUT2D eigenvalue weighted by molar-refractivity contribution is 8.00. The minimum Gasteiger partial charge on any atom is -1.00 e. The number of amides is 8. The Hall–Kier alpha value is -5.26. The zero-order valence-corrected chi connectivity index (χ0v) is 47.8. The first kappa shape index (κ1) is 67.8. The van der Waals surface area contributed by atoms with Crippen LogP contribution in [-0.4, -0.2) is 143 Å². The lowest BCUT2D eigenvalue weighted by Crippen LogP contribution is -3.00. The van der Waals surface area contributed by atoms with E-state index < -0.39 is 95.0 Å². The Morgan fingerprint density at radius 2 is 1.20 bits per heavy atom. The summed E-state index contributed by atoms with van der Waals surface area (Å²) in [7, 11) is 0. The molecule has 0 aromatic rings. The number of guanidine groups is 1. The predicted octanol–water partition coefficient (Wildman–Crippen LogP) is -2.11. The predicted molar refractivity (Wildman–Crippen MR) is 281 cm³/mol. The van der Waals surface area contributed by atoms with E-state index in [4.69, 9.17) is 25.7 Å². The molecule has 0 radical (unpaired) electrons. The number of fused-ring (bicyclic) bond motifs is 1. The van der Waals surface area contributed by atoms with Gasteiger partial charge in [-0.15, -0.1) is 0 Å². The number of carbonyl (C=O) groups is 9. The van der Waals surface area contributed by atoms with Crippen LogP contribution in [0.2, 0.25) is 0 Å². The molecule has 7 atom stereocenters. The second kappa shape index (κ2) is 33.0. The van der Waals surface area contributed by atoms with Crippen LogP contribution in [0.1, 0.15) is 166 Å². The lowest BCUT2D eigenvalue weighted by Gasteiger charge is -2.29. The third-order valence-corrected chi connectivity index (χ3v) is 12.9. The number of carbonyl (C=O) groups excluding carboxylic acids is 9. The van der Waals surface area contributed by atoms with Crippen molar-refractivity contribution in [2.24, 2.45) is 17.4 Å². The molecule has 0 aromatic heterocycles. The van der Waals surface area contributed by atoms with E-state index >= 15 is 0 Å². The second-order valence-electron chi connectivity index (χ2n) is 22.3. The van der Waals surface area contributed by atoms with Crippen LogP contribution >= 0.6 is 11.8 Å². The molecular formula is C50H90ClN11O12S. The van der Waals surface area contributed by atoms with Crippen molar-refractivity contribution < 1.29 is 74.8 Å². The van der Waals surface area contributed by atoms with E-state index in [0.717, 1.165) is 25.0 Å². The van der Waals surface area contributed by atoms with Gasteiger partial charge in [-0.05, 0) is 126 Å². The average molecular weight is 1100 g/mol. The number of unbranched alkanes of at least 4 members (excludes halogenated alkanes) is 4.